The van der Waals surface area contributed by atoms with Crippen LogP contribution in [-0.2, 0) is 5.41 Å². The van der Waals surface area contributed by atoms with Crippen molar-refractivity contribution in [3.05, 3.63) is 193 Å². The van der Waals surface area contributed by atoms with Crippen LogP contribution in [0, 0.1) is 10.8 Å². The van der Waals surface area contributed by atoms with Gasteiger partial charge in [-0.3, -0.25) is 0 Å². The average Bonchev–Trinajstić information content (AvgIpc) is 3.59. The summed E-state index contributed by atoms with van der Waals surface area (Å²) in [5.74, 6) is 0. The van der Waals surface area contributed by atoms with Gasteiger partial charge in [-0.05, 0) is 155 Å². The van der Waals surface area contributed by atoms with E-state index in [0.717, 1.165) is 0 Å². The largest absolute Gasteiger partial charge is 0.0616 e. The molecule has 0 amide bonds. The molecule has 0 unspecified atom stereocenters. The van der Waals surface area contributed by atoms with Gasteiger partial charge in [0.05, 0.1) is 0 Å². The maximum absolute atomic E-state index is 2.54. The molecule has 0 bridgehead atoms. The van der Waals surface area contributed by atoms with E-state index in [9.17, 15) is 0 Å². The summed E-state index contributed by atoms with van der Waals surface area (Å²) in [5, 5.41) is 18.2. The molecule has 0 saturated carbocycles. The molecule has 0 N–H and O–H groups in total. The molecule has 0 aliphatic heterocycles. The van der Waals surface area contributed by atoms with Crippen molar-refractivity contribution in [2.75, 3.05) is 0 Å². The van der Waals surface area contributed by atoms with Gasteiger partial charge in [0.15, 0.2) is 0 Å². The summed E-state index contributed by atoms with van der Waals surface area (Å²) in [4.78, 5) is 0. The van der Waals surface area contributed by atoms with Gasteiger partial charge in [-0.25, -0.2) is 0 Å². The molecule has 1 aliphatic rings. The molecule has 0 saturated heterocycles. The first kappa shape index (κ1) is 36.1. The Bertz CT molecular complexity index is 3590. The summed E-state index contributed by atoms with van der Waals surface area (Å²) in [5.41, 5.74) is 10.4. The smallest absolute Gasteiger partial charge is 0.0318 e. The first-order chi connectivity index (χ1) is 29.6. The fourth-order valence-corrected chi connectivity index (χ4v) is 12.6. The van der Waals surface area contributed by atoms with E-state index in [-0.39, 0.29) is 16.2 Å². The number of fused-ring (bicyclic) bond motifs is 14. The van der Waals surface area contributed by atoms with Crippen LogP contribution in [0.25, 0.3) is 109 Å². The lowest BCUT2D eigenvalue weighted by molar-refractivity contribution is 0.0965. The van der Waals surface area contributed by atoms with Crippen LogP contribution in [0.2, 0.25) is 0 Å². The first-order valence-electron chi connectivity index (χ1n) is 21.9. The Hall–Kier alpha value is -6.76. The lowest BCUT2D eigenvalue weighted by Gasteiger charge is -2.53. The van der Waals surface area contributed by atoms with Gasteiger partial charge in [-0.2, -0.15) is 0 Å². The topological polar surface area (TPSA) is 0 Å². The van der Waals surface area contributed by atoms with Gasteiger partial charge in [0.2, 0.25) is 0 Å². The van der Waals surface area contributed by atoms with Crippen LogP contribution in [0.3, 0.4) is 0 Å². The van der Waals surface area contributed by atoms with Crippen LogP contribution >= 0.6 is 0 Å². The van der Waals surface area contributed by atoms with Gasteiger partial charge in [0, 0.05) is 5.41 Å². The summed E-state index contributed by atoms with van der Waals surface area (Å²) in [6.45, 7) is 14.8. The highest BCUT2D eigenvalue weighted by Gasteiger charge is 2.58. The fourth-order valence-electron chi connectivity index (χ4n) is 12.6. The quantitative estimate of drug-likeness (QED) is 0.121. The third kappa shape index (κ3) is 4.82. The maximum Gasteiger partial charge on any atom is 0.0318 e. The van der Waals surface area contributed by atoms with E-state index < -0.39 is 0 Å². The molecule has 0 heterocycles. The highest BCUT2D eigenvalue weighted by molar-refractivity contribution is 6.27. The third-order valence-electron chi connectivity index (χ3n) is 14.5. The third-order valence-corrected chi connectivity index (χ3v) is 14.5. The molecule has 0 nitrogen and oxygen atoms in total. The fraction of sp³-hybridized carbons (Fsp3) is 0.148. The maximum atomic E-state index is 2.54. The first-order valence-corrected chi connectivity index (χ1v) is 21.9. The molecule has 0 heteroatoms. The van der Waals surface area contributed by atoms with E-state index >= 15 is 0 Å². The van der Waals surface area contributed by atoms with E-state index in [1.807, 2.05) is 0 Å². The van der Waals surface area contributed by atoms with Crippen molar-refractivity contribution in [2.24, 2.45) is 10.8 Å². The summed E-state index contributed by atoms with van der Waals surface area (Å²) >= 11 is 0. The Labute approximate surface area is 358 Å². The molecule has 1 aliphatic carbocycles. The molecule has 0 aromatic heterocycles. The Balaban J connectivity index is 1.20. The summed E-state index contributed by atoms with van der Waals surface area (Å²) < 4.78 is 0. The SMILES string of the molecule is CC(C)(C)C1(C(C)(C)C)c2cc3ccccc3cc2-c2c1c1ccc(-c3c4ccccc4c(-c4cc5ccccc5c5ccccc45)c4ccccc34)cc1c1ccccc21. The van der Waals surface area contributed by atoms with Crippen molar-refractivity contribution < 1.29 is 0 Å². The molecular formula is C61H48. The Morgan fingerprint density at radius 1 is 0.295 bits per heavy atom. The van der Waals surface area contributed by atoms with Crippen LogP contribution in [0.4, 0.5) is 0 Å². The molecule has 12 rings (SSSR count). The molecule has 61 heavy (non-hydrogen) atoms. The van der Waals surface area contributed by atoms with E-state index in [2.05, 4.69) is 224 Å². The lowest BCUT2D eigenvalue weighted by atomic mass is 9.49. The van der Waals surface area contributed by atoms with Crippen molar-refractivity contribution in [1.82, 2.24) is 0 Å². The summed E-state index contributed by atoms with van der Waals surface area (Å²) in [6.07, 6.45) is 0. The second kappa shape index (κ2) is 12.6. The van der Waals surface area contributed by atoms with Crippen LogP contribution in [0.1, 0.15) is 52.7 Å². The normalized spacial score (nSPS) is 13.9. The van der Waals surface area contributed by atoms with Crippen LogP contribution < -0.4 is 0 Å². The van der Waals surface area contributed by atoms with E-state index in [1.54, 1.807) is 0 Å². The molecule has 0 radical (unpaired) electrons. The Morgan fingerprint density at radius 2 is 0.721 bits per heavy atom. The van der Waals surface area contributed by atoms with Gasteiger partial charge < -0.3 is 0 Å². The minimum absolute atomic E-state index is 0.100. The zero-order valence-corrected chi connectivity index (χ0v) is 35.8. The lowest BCUT2D eigenvalue weighted by Crippen LogP contribution is -2.50. The number of hydrogen-bond donors (Lipinski definition) is 0. The minimum Gasteiger partial charge on any atom is -0.0616 e. The van der Waals surface area contributed by atoms with Gasteiger partial charge in [0.25, 0.3) is 0 Å². The molecule has 292 valence electrons. The van der Waals surface area contributed by atoms with E-state index in [0.29, 0.717) is 0 Å². The van der Waals surface area contributed by atoms with Crippen molar-refractivity contribution >= 4 is 75.4 Å². The minimum atomic E-state index is -0.276. The van der Waals surface area contributed by atoms with Gasteiger partial charge in [-0.15, -0.1) is 0 Å². The van der Waals surface area contributed by atoms with Crippen LogP contribution in [-0.4, -0.2) is 0 Å². The summed E-state index contributed by atoms with van der Waals surface area (Å²) in [6, 6.07) is 69.1. The molecule has 11 aromatic carbocycles. The van der Waals surface area contributed by atoms with Crippen molar-refractivity contribution in [1.29, 1.82) is 0 Å². The number of rotatable bonds is 2. The molecule has 0 fully saturated rings. The number of hydrogen-bond acceptors (Lipinski definition) is 0. The van der Waals surface area contributed by atoms with Crippen LogP contribution in [0.5, 0.6) is 0 Å². The monoisotopic (exact) mass is 780 g/mol. The zero-order valence-electron chi connectivity index (χ0n) is 35.8. The second-order valence-corrected chi connectivity index (χ2v) is 19.6. The van der Waals surface area contributed by atoms with Crippen molar-refractivity contribution in [2.45, 2.75) is 47.0 Å². The second-order valence-electron chi connectivity index (χ2n) is 19.6. The predicted octanol–water partition coefficient (Wildman–Crippen LogP) is 17.5. The van der Waals surface area contributed by atoms with Gasteiger partial charge >= 0.3 is 0 Å². The van der Waals surface area contributed by atoms with Crippen molar-refractivity contribution in [3.8, 4) is 33.4 Å². The molecule has 0 spiro atoms. The molecule has 0 atom stereocenters. The van der Waals surface area contributed by atoms with E-state index in [4.69, 9.17) is 0 Å². The standard InChI is InChI=1S/C61H48/c1-59(2,3)61(60(4,5)6)54-36-38-20-8-7-19-37(38)33-53(54)57-45-26-14-13-25-44(45)51-35-40(31-32-50(51)58(57)61)55-46-27-15-17-29-48(46)56(49-30-18-16-28-47(49)55)52-34-39-21-9-10-22-41(39)42-23-11-12-24-43(42)52/h7-36H,1-6H3. The van der Waals surface area contributed by atoms with E-state index in [1.165, 1.54) is 120 Å². The van der Waals surface area contributed by atoms with Gasteiger partial charge in [0.1, 0.15) is 0 Å². The zero-order chi connectivity index (χ0) is 41.4. The molecular weight excluding hydrogens is 733 g/mol. The summed E-state index contributed by atoms with van der Waals surface area (Å²) in [7, 11) is 0. The Kier molecular flexibility index (Phi) is 7.48. The predicted molar refractivity (Wildman–Crippen MR) is 265 cm³/mol. The van der Waals surface area contributed by atoms with Gasteiger partial charge in [-0.1, -0.05) is 199 Å². The number of benzene rings is 11. The highest BCUT2D eigenvalue weighted by Crippen LogP contribution is 2.67. The van der Waals surface area contributed by atoms with Crippen LogP contribution in [0.15, 0.2) is 182 Å². The molecule has 11 aromatic rings. The van der Waals surface area contributed by atoms with Crippen molar-refractivity contribution in [3.63, 3.8) is 0 Å². The highest BCUT2D eigenvalue weighted by atomic mass is 14.6. The average molecular weight is 781 g/mol. The Morgan fingerprint density at radius 3 is 1.30 bits per heavy atom.